The molecule has 1 aromatic carbocycles. The summed E-state index contributed by atoms with van der Waals surface area (Å²) in [6.45, 7) is 8.73. The lowest BCUT2D eigenvalue weighted by molar-refractivity contribution is 0.0921. The lowest BCUT2D eigenvalue weighted by Gasteiger charge is -2.11. The van der Waals surface area contributed by atoms with Gasteiger partial charge in [-0.3, -0.25) is 4.79 Å². The molecular formula is C16H25NO3. The Kier molecular flexibility index (Phi) is 7.73. The molecule has 0 radical (unpaired) electrons. The molecule has 1 amide bonds. The van der Waals surface area contributed by atoms with Gasteiger partial charge in [0.2, 0.25) is 0 Å². The molecule has 0 spiro atoms. The number of carbonyl (C=O) groups excluding carboxylic acids is 1. The predicted molar refractivity (Wildman–Crippen MR) is 80.2 cm³/mol. The molecule has 0 aliphatic rings. The molecular weight excluding hydrogens is 254 g/mol. The van der Waals surface area contributed by atoms with Crippen LogP contribution in [-0.2, 0) is 4.74 Å². The molecule has 0 saturated carbocycles. The molecule has 4 nitrogen and oxygen atoms in total. The van der Waals surface area contributed by atoms with E-state index >= 15 is 0 Å². The van der Waals surface area contributed by atoms with Crippen LogP contribution in [0.2, 0.25) is 0 Å². The SMILES string of the molecule is CCOc1ccccc1C(=O)NCCCOCC(C)C. The Bertz CT molecular complexity index is 404. The molecule has 1 N–H and O–H groups in total. The molecule has 0 atom stereocenters. The molecule has 0 fully saturated rings. The maximum absolute atomic E-state index is 12.0. The Hall–Kier alpha value is -1.55. The molecule has 0 unspecified atom stereocenters. The first-order valence-corrected chi connectivity index (χ1v) is 7.23. The minimum Gasteiger partial charge on any atom is -0.493 e. The number of hydrogen-bond donors (Lipinski definition) is 1. The molecule has 0 bridgehead atoms. The summed E-state index contributed by atoms with van der Waals surface area (Å²) in [4.78, 5) is 12.0. The maximum Gasteiger partial charge on any atom is 0.255 e. The lowest BCUT2D eigenvalue weighted by Crippen LogP contribution is -2.26. The standard InChI is InChI=1S/C16H25NO3/c1-4-20-15-9-6-5-8-14(15)16(18)17-10-7-11-19-12-13(2)3/h5-6,8-9,13H,4,7,10-12H2,1-3H3,(H,17,18). The highest BCUT2D eigenvalue weighted by Gasteiger charge is 2.10. The van der Waals surface area contributed by atoms with E-state index in [1.165, 1.54) is 0 Å². The minimum atomic E-state index is -0.0992. The van der Waals surface area contributed by atoms with Crippen molar-refractivity contribution in [2.24, 2.45) is 5.92 Å². The van der Waals surface area contributed by atoms with E-state index in [9.17, 15) is 4.79 Å². The van der Waals surface area contributed by atoms with Crippen molar-refractivity contribution in [3.05, 3.63) is 29.8 Å². The smallest absolute Gasteiger partial charge is 0.255 e. The van der Waals surface area contributed by atoms with Gasteiger partial charge >= 0.3 is 0 Å². The summed E-state index contributed by atoms with van der Waals surface area (Å²) in [6, 6.07) is 7.28. The van der Waals surface area contributed by atoms with Gasteiger partial charge in [-0.2, -0.15) is 0 Å². The summed E-state index contributed by atoms with van der Waals surface area (Å²) in [5, 5.41) is 2.89. The summed E-state index contributed by atoms with van der Waals surface area (Å²) in [7, 11) is 0. The van der Waals surface area contributed by atoms with Crippen LogP contribution in [0.15, 0.2) is 24.3 Å². The first-order chi connectivity index (χ1) is 9.65. The van der Waals surface area contributed by atoms with Crippen molar-refractivity contribution < 1.29 is 14.3 Å². The summed E-state index contributed by atoms with van der Waals surface area (Å²) in [5.41, 5.74) is 0.581. The van der Waals surface area contributed by atoms with Gasteiger partial charge in [-0.25, -0.2) is 0 Å². The third-order valence-electron chi connectivity index (χ3n) is 2.63. The van der Waals surface area contributed by atoms with E-state index in [0.717, 1.165) is 13.0 Å². The van der Waals surface area contributed by atoms with E-state index in [-0.39, 0.29) is 5.91 Å². The van der Waals surface area contributed by atoms with Gasteiger partial charge in [0, 0.05) is 19.8 Å². The molecule has 1 aromatic rings. The van der Waals surface area contributed by atoms with Gasteiger partial charge in [-0.1, -0.05) is 26.0 Å². The van der Waals surface area contributed by atoms with E-state index in [2.05, 4.69) is 19.2 Å². The van der Waals surface area contributed by atoms with Crippen LogP contribution in [0.3, 0.4) is 0 Å². The first kappa shape index (κ1) is 16.5. The number of benzene rings is 1. The van der Waals surface area contributed by atoms with Crippen LogP contribution in [0.1, 0.15) is 37.6 Å². The first-order valence-electron chi connectivity index (χ1n) is 7.23. The largest absolute Gasteiger partial charge is 0.493 e. The number of rotatable bonds is 9. The van der Waals surface area contributed by atoms with Gasteiger partial charge in [0.15, 0.2) is 0 Å². The van der Waals surface area contributed by atoms with Crippen LogP contribution in [0.4, 0.5) is 0 Å². The zero-order valence-corrected chi connectivity index (χ0v) is 12.6. The molecule has 0 heterocycles. The van der Waals surface area contributed by atoms with Gasteiger partial charge in [0.05, 0.1) is 12.2 Å². The van der Waals surface area contributed by atoms with Crippen molar-refractivity contribution in [1.82, 2.24) is 5.32 Å². The Morgan fingerprint density at radius 3 is 2.75 bits per heavy atom. The van der Waals surface area contributed by atoms with Crippen molar-refractivity contribution in [2.45, 2.75) is 27.2 Å². The number of hydrogen-bond acceptors (Lipinski definition) is 3. The Morgan fingerprint density at radius 2 is 2.05 bits per heavy atom. The third-order valence-corrected chi connectivity index (χ3v) is 2.63. The van der Waals surface area contributed by atoms with Crippen molar-refractivity contribution in [1.29, 1.82) is 0 Å². The van der Waals surface area contributed by atoms with Gasteiger partial charge in [-0.15, -0.1) is 0 Å². The van der Waals surface area contributed by atoms with E-state index < -0.39 is 0 Å². The fourth-order valence-corrected chi connectivity index (χ4v) is 1.73. The average Bonchev–Trinajstić information content (AvgIpc) is 2.43. The second kappa shape index (κ2) is 9.37. The van der Waals surface area contributed by atoms with Crippen LogP contribution in [0.5, 0.6) is 5.75 Å². The highest BCUT2D eigenvalue weighted by atomic mass is 16.5. The topological polar surface area (TPSA) is 47.6 Å². The lowest BCUT2D eigenvalue weighted by atomic mass is 10.2. The quantitative estimate of drug-likeness (QED) is 0.707. The van der Waals surface area contributed by atoms with Gasteiger partial charge in [0.1, 0.15) is 5.75 Å². The molecule has 20 heavy (non-hydrogen) atoms. The van der Waals surface area contributed by atoms with E-state index in [4.69, 9.17) is 9.47 Å². The predicted octanol–water partition coefficient (Wildman–Crippen LogP) is 2.88. The average molecular weight is 279 g/mol. The summed E-state index contributed by atoms with van der Waals surface area (Å²) in [5.74, 6) is 1.07. The number of amides is 1. The van der Waals surface area contributed by atoms with Crippen molar-refractivity contribution in [2.75, 3.05) is 26.4 Å². The minimum absolute atomic E-state index is 0.0992. The number of nitrogens with one attached hydrogen (secondary N) is 1. The van der Waals surface area contributed by atoms with E-state index in [1.54, 1.807) is 6.07 Å². The molecule has 0 aliphatic carbocycles. The maximum atomic E-state index is 12.0. The zero-order valence-electron chi connectivity index (χ0n) is 12.6. The molecule has 112 valence electrons. The van der Waals surface area contributed by atoms with Crippen molar-refractivity contribution in [3.8, 4) is 5.75 Å². The van der Waals surface area contributed by atoms with Crippen LogP contribution in [0.25, 0.3) is 0 Å². The number of para-hydroxylation sites is 1. The number of ether oxygens (including phenoxy) is 2. The van der Waals surface area contributed by atoms with Gasteiger partial charge in [-0.05, 0) is 31.4 Å². The van der Waals surface area contributed by atoms with Crippen molar-refractivity contribution >= 4 is 5.91 Å². The molecule has 1 rings (SSSR count). The van der Waals surface area contributed by atoms with Crippen molar-refractivity contribution in [3.63, 3.8) is 0 Å². The third kappa shape index (κ3) is 6.06. The Morgan fingerprint density at radius 1 is 1.30 bits per heavy atom. The monoisotopic (exact) mass is 279 g/mol. The molecule has 0 aliphatic heterocycles. The normalized spacial score (nSPS) is 10.6. The van der Waals surface area contributed by atoms with Gasteiger partial charge in [0.25, 0.3) is 5.91 Å². The second-order valence-corrected chi connectivity index (χ2v) is 5.01. The fourth-order valence-electron chi connectivity index (χ4n) is 1.73. The summed E-state index contributed by atoms with van der Waals surface area (Å²) >= 11 is 0. The zero-order chi connectivity index (χ0) is 14.8. The van der Waals surface area contributed by atoms with Crippen LogP contribution >= 0.6 is 0 Å². The summed E-state index contributed by atoms with van der Waals surface area (Å²) in [6.07, 6.45) is 0.815. The van der Waals surface area contributed by atoms with E-state index in [0.29, 0.717) is 37.0 Å². The van der Waals surface area contributed by atoms with Crippen LogP contribution in [-0.4, -0.2) is 32.3 Å². The highest BCUT2D eigenvalue weighted by Crippen LogP contribution is 2.17. The number of carbonyl (C=O) groups is 1. The highest BCUT2D eigenvalue weighted by molar-refractivity contribution is 5.96. The fraction of sp³-hybridized carbons (Fsp3) is 0.562. The van der Waals surface area contributed by atoms with E-state index in [1.807, 2.05) is 25.1 Å². The Balaban J connectivity index is 2.32. The molecule has 0 aromatic heterocycles. The summed E-state index contributed by atoms with van der Waals surface area (Å²) < 4.78 is 10.9. The van der Waals surface area contributed by atoms with Crippen LogP contribution < -0.4 is 10.1 Å². The Labute approximate surface area is 121 Å². The van der Waals surface area contributed by atoms with Gasteiger partial charge < -0.3 is 14.8 Å². The second-order valence-electron chi connectivity index (χ2n) is 5.01. The molecule has 0 saturated heterocycles. The molecule has 4 heteroatoms. The van der Waals surface area contributed by atoms with Crippen LogP contribution in [0, 0.1) is 5.92 Å².